The van der Waals surface area contributed by atoms with E-state index in [0.29, 0.717) is 16.8 Å². The van der Waals surface area contributed by atoms with Gasteiger partial charge < -0.3 is 5.32 Å². The van der Waals surface area contributed by atoms with Crippen molar-refractivity contribution in [1.82, 2.24) is 5.32 Å². The number of nitrogens with one attached hydrogen (secondary N) is 1. The normalized spacial score (nSPS) is 32.1. The molecule has 0 radical (unpaired) electrons. The SMILES string of the molecule is O=C(CC1CC1)NC1CCCCCC1Br. The highest BCUT2D eigenvalue weighted by atomic mass is 79.9. The molecule has 1 N–H and O–H groups in total. The molecule has 86 valence electrons. The average molecular weight is 274 g/mol. The molecule has 2 aliphatic carbocycles. The Hall–Kier alpha value is -0.0500. The van der Waals surface area contributed by atoms with Crippen LogP contribution >= 0.6 is 15.9 Å². The van der Waals surface area contributed by atoms with Crippen LogP contribution in [0.3, 0.4) is 0 Å². The number of hydrogen-bond acceptors (Lipinski definition) is 1. The van der Waals surface area contributed by atoms with Crippen molar-refractivity contribution in [2.45, 2.75) is 62.2 Å². The van der Waals surface area contributed by atoms with Crippen LogP contribution in [-0.2, 0) is 4.79 Å². The lowest BCUT2D eigenvalue weighted by Gasteiger charge is -2.21. The Morgan fingerprint density at radius 2 is 1.87 bits per heavy atom. The minimum atomic E-state index is 0.272. The Morgan fingerprint density at radius 1 is 1.13 bits per heavy atom. The van der Waals surface area contributed by atoms with Gasteiger partial charge in [-0.15, -0.1) is 0 Å². The summed E-state index contributed by atoms with van der Waals surface area (Å²) in [7, 11) is 0. The molecule has 2 rings (SSSR count). The number of rotatable bonds is 3. The van der Waals surface area contributed by atoms with Crippen molar-refractivity contribution in [3.05, 3.63) is 0 Å². The van der Waals surface area contributed by atoms with Gasteiger partial charge in [-0.1, -0.05) is 35.2 Å². The van der Waals surface area contributed by atoms with Gasteiger partial charge in [-0.25, -0.2) is 0 Å². The zero-order valence-electron chi connectivity index (χ0n) is 9.18. The third kappa shape index (κ3) is 3.78. The van der Waals surface area contributed by atoms with Crippen LogP contribution in [-0.4, -0.2) is 16.8 Å². The molecule has 0 aromatic heterocycles. The first-order chi connectivity index (χ1) is 7.25. The maximum atomic E-state index is 11.7. The third-order valence-corrected chi connectivity index (χ3v) is 4.54. The number of hydrogen-bond donors (Lipinski definition) is 1. The van der Waals surface area contributed by atoms with Crippen LogP contribution in [0, 0.1) is 5.92 Å². The summed E-state index contributed by atoms with van der Waals surface area (Å²) >= 11 is 3.70. The average Bonchev–Trinajstić information content (AvgIpc) is 2.98. The Kier molecular flexibility index (Phi) is 4.06. The number of carbonyl (C=O) groups is 1. The predicted molar refractivity (Wildman–Crippen MR) is 65.1 cm³/mol. The standard InChI is InChI=1S/C12H20BrNO/c13-10-4-2-1-3-5-11(10)14-12(15)8-9-6-7-9/h9-11H,1-8H2,(H,14,15). The second kappa shape index (κ2) is 5.33. The monoisotopic (exact) mass is 273 g/mol. The van der Waals surface area contributed by atoms with Gasteiger partial charge in [-0.2, -0.15) is 0 Å². The summed E-state index contributed by atoms with van der Waals surface area (Å²) in [5, 5.41) is 3.19. The third-order valence-electron chi connectivity index (χ3n) is 3.45. The first-order valence-corrected chi connectivity index (χ1v) is 7.10. The molecular weight excluding hydrogens is 254 g/mol. The Morgan fingerprint density at radius 3 is 2.60 bits per heavy atom. The fourth-order valence-electron chi connectivity index (χ4n) is 2.27. The molecule has 2 nitrogen and oxygen atoms in total. The molecular formula is C12H20BrNO. The molecule has 2 saturated carbocycles. The Balaban J connectivity index is 1.76. The second-order valence-corrected chi connectivity index (χ2v) is 6.15. The van der Waals surface area contributed by atoms with Crippen LogP contribution < -0.4 is 5.32 Å². The molecule has 1 amide bonds. The molecule has 2 unspecified atom stereocenters. The largest absolute Gasteiger partial charge is 0.352 e. The first kappa shape index (κ1) is 11.4. The van der Waals surface area contributed by atoms with Gasteiger partial charge in [0, 0.05) is 17.3 Å². The smallest absolute Gasteiger partial charge is 0.220 e. The van der Waals surface area contributed by atoms with Gasteiger partial charge in [-0.05, 0) is 31.6 Å². The van der Waals surface area contributed by atoms with E-state index in [2.05, 4.69) is 21.2 Å². The van der Waals surface area contributed by atoms with Gasteiger partial charge in [0.2, 0.25) is 5.91 Å². The molecule has 0 aromatic rings. The van der Waals surface area contributed by atoms with Gasteiger partial charge in [0.25, 0.3) is 0 Å². The molecule has 0 aromatic carbocycles. The topological polar surface area (TPSA) is 29.1 Å². The zero-order valence-corrected chi connectivity index (χ0v) is 10.8. The van der Waals surface area contributed by atoms with Gasteiger partial charge in [0.15, 0.2) is 0 Å². The molecule has 0 aliphatic heterocycles. The summed E-state index contributed by atoms with van der Waals surface area (Å²) in [6.07, 6.45) is 9.50. The van der Waals surface area contributed by atoms with Crippen LogP contribution in [0.4, 0.5) is 0 Å². The second-order valence-electron chi connectivity index (χ2n) is 4.98. The highest BCUT2D eigenvalue weighted by Crippen LogP contribution is 2.32. The number of alkyl halides is 1. The summed E-state index contributed by atoms with van der Waals surface area (Å²) in [6.45, 7) is 0. The van der Waals surface area contributed by atoms with E-state index in [-0.39, 0.29) is 5.91 Å². The van der Waals surface area contributed by atoms with E-state index < -0.39 is 0 Å². The van der Waals surface area contributed by atoms with Crippen LogP contribution in [0.15, 0.2) is 0 Å². The predicted octanol–water partition coefficient (Wildman–Crippen LogP) is 3.00. The number of carbonyl (C=O) groups excluding carboxylic acids is 1. The van der Waals surface area contributed by atoms with Crippen molar-refractivity contribution in [3.63, 3.8) is 0 Å². The Bertz CT molecular complexity index is 228. The molecule has 0 bridgehead atoms. The molecule has 0 spiro atoms. The van der Waals surface area contributed by atoms with E-state index in [1.807, 2.05) is 0 Å². The first-order valence-electron chi connectivity index (χ1n) is 6.19. The van der Waals surface area contributed by atoms with Gasteiger partial charge in [0.05, 0.1) is 0 Å². The lowest BCUT2D eigenvalue weighted by molar-refractivity contribution is -0.122. The van der Waals surface area contributed by atoms with Crippen LogP contribution in [0.1, 0.15) is 51.4 Å². The van der Waals surface area contributed by atoms with Crippen molar-refractivity contribution in [3.8, 4) is 0 Å². The van der Waals surface area contributed by atoms with Crippen LogP contribution in [0.25, 0.3) is 0 Å². The van der Waals surface area contributed by atoms with E-state index in [0.717, 1.165) is 12.8 Å². The van der Waals surface area contributed by atoms with Gasteiger partial charge in [0.1, 0.15) is 0 Å². The quantitative estimate of drug-likeness (QED) is 0.622. The van der Waals surface area contributed by atoms with E-state index >= 15 is 0 Å². The molecule has 2 atom stereocenters. The maximum absolute atomic E-state index is 11.7. The van der Waals surface area contributed by atoms with E-state index in [4.69, 9.17) is 0 Å². The molecule has 2 aliphatic rings. The summed E-state index contributed by atoms with van der Waals surface area (Å²) < 4.78 is 0. The van der Waals surface area contributed by atoms with E-state index in [1.165, 1.54) is 38.5 Å². The van der Waals surface area contributed by atoms with Crippen LogP contribution in [0.5, 0.6) is 0 Å². The fraction of sp³-hybridized carbons (Fsp3) is 0.917. The zero-order chi connectivity index (χ0) is 10.7. The van der Waals surface area contributed by atoms with Crippen molar-refractivity contribution in [1.29, 1.82) is 0 Å². The van der Waals surface area contributed by atoms with Gasteiger partial charge in [-0.3, -0.25) is 4.79 Å². The highest BCUT2D eigenvalue weighted by Gasteiger charge is 2.27. The minimum absolute atomic E-state index is 0.272. The summed E-state index contributed by atoms with van der Waals surface area (Å²) in [5.41, 5.74) is 0. The fourth-order valence-corrected chi connectivity index (χ4v) is 3.00. The van der Waals surface area contributed by atoms with Crippen molar-refractivity contribution >= 4 is 21.8 Å². The van der Waals surface area contributed by atoms with E-state index in [1.54, 1.807) is 0 Å². The Labute approximate surface area is 100 Å². The number of amides is 1. The summed E-state index contributed by atoms with van der Waals surface area (Å²) in [6, 6.07) is 0.374. The lowest BCUT2D eigenvalue weighted by Crippen LogP contribution is -2.40. The van der Waals surface area contributed by atoms with Crippen molar-refractivity contribution < 1.29 is 4.79 Å². The summed E-state index contributed by atoms with van der Waals surface area (Å²) in [4.78, 5) is 12.2. The maximum Gasteiger partial charge on any atom is 0.220 e. The summed E-state index contributed by atoms with van der Waals surface area (Å²) in [5.74, 6) is 0.971. The minimum Gasteiger partial charge on any atom is -0.352 e. The van der Waals surface area contributed by atoms with Gasteiger partial charge >= 0.3 is 0 Å². The molecule has 0 saturated heterocycles. The molecule has 0 heterocycles. The lowest BCUT2D eigenvalue weighted by atomic mass is 10.1. The molecule has 15 heavy (non-hydrogen) atoms. The van der Waals surface area contributed by atoms with Crippen molar-refractivity contribution in [2.24, 2.45) is 5.92 Å². The van der Waals surface area contributed by atoms with Crippen LogP contribution in [0.2, 0.25) is 0 Å². The van der Waals surface area contributed by atoms with E-state index in [9.17, 15) is 4.79 Å². The number of halogens is 1. The van der Waals surface area contributed by atoms with Crippen molar-refractivity contribution in [2.75, 3.05) is 0 Å². The molecule has 2 fully saturated rings. The highest BCUT2D eigenvalue weighted by molar-refractivity contribution is 9.09. The molecule has 3 heteroatoms.